The normalized spacial score (nSPS) is 11.5. The van der Waals surface area contributed by atoms with Gasteiger partial charge in [-0.2, -0.15) is 5.10 Å². The summed E-state index contributed by atoms with van der Waals surface area (Å²) in [6, 6.07) is 9.34. The van der Waals surface area contributed by atoms with Crippen molar-refractivity contribution in [2.24, 2.45) is 7.05 Å². The molecule has 2 rings (SSSR count). The fraction of sp³-hybridized carbons (Fsp3) is 0.333. The van der Waals surface area contributed by atoms with Gasteiger partial charge in [0.2, 0.25) is 0 Å². The van der Waals surface area contributed by atoms with E-state index in [1.807, 2.05) is 57.4 Å². The Hall–Kier alpha value is -2.10. The van der Waals surface area contributed by atoms with Crippen molar-refractivity contribution in [1.29, 1.82) is 0 Å². The zero-order valence-electron chi connectivity index (χ0n) is 11.6. The highest BCUT2D eigenvalue weighted by molar-refractivity contribution is 5.90. The second kappa shape index (κ2) is 4.88. The van der Waals surface area contributed by atoms with Gasteiger partial charge in [-0.05, 0) is 37.6 Å². The molecule has 1 heterocycles. The van der Waals surface area contributed by atoms with E-state index in [1.165, 1.54) is 0 Å². The fourth-order valence-corrected chi connectivity index (χ4v) is 2.00. The van der Waals surface area contributed by atoms with Crippen LogP contribution in [0, 0.1) is 0 Å². The van der Waals surface area contributed by atoms with Crippen molar-refractivity contribution < 1.29 is 4.79 Å². The largest absolute Gasteiger partial charge is 0.399 e. The molecule has 4 heteroatoms. The number of nitrogens with two attached hydrogens (primary N) is 1. The summed E-state index contributed by atoms with van der Waals surface area (Å²) in [6.07, 6.45) is 2.19. The van der Waals surface area contributed by atoms with Gasteiger partial charge in [0, 0.05) is 24.3 Å². The Morgan fingerprint density at radius 1 is 1.26 bits per heavy atom. The highest BCUT2D eigenvalue weighted by Crippen LogP contribution is 2.26. The van der Waals surface area contributed by atoms with Crippen molar-refractivity contribution in [2.45, 2.75) is 25.7 Å². The molecule has 2 aromatic rings. The molecule has 4 nitrogen and oxygen atoms in total. The average Bonchev–Trinajstić information content (AvgIpc) is 2.75. The van der Waals surface area contributed by atoms with E-state index in [0.717, 1.165) is 11.3 Å². The molecule has 0 unspecified atom stereocenters. The van der Waals surface area contributed by atoms with Crippen molar-refractivity contribution in [3.8, 4) is 0 Å². The number of aromatic nitrogens is 2. The van der Waals surface area contributed by atoms with Crippen LogP contribution in [0.4, 0.5) is 5.69 Å². The van der Waals surface area contributed by atoms with Crippen molar-refractivity contribution >= 4 is 11.5 Å². The zero-order chi connectivity index (χ0) is 14.0. The van der Waals surface area contributed by atoms with E-state index in [9.17, 15) is 4.79 Å². The maximum Gasteiger partial charge on any atom is 0.148 e. The summed E-state index contributed by atoms with van der Waals surface area (Å²) < 4.78 is 1.71. The zero-order valence-corrected chi connectivity index (χ0v) is 11.6. The molecule has 0 spiro atoms. The number of nitrogen functional groups attached to an aromatic ring is 1. The highest BCUT2D eigenvalue weighted by atomic mass is 16.1. The Kier molecular flexibility index (Phi) is 3.42. The number of carbonyl (C=O) groups excluding carboxylic acids is 1. The molecular formula is C15H19N3O. The lowest BCUT2D eigenvalue weighted by molar-refractivity contribution is -0.122. The van der Waals surface area contributed by atoms with Crippen LogP contribution >= 0.6 is 0 Å². The molecule has 100 valence electrons. The van der Waals surface area contributed by atoms with Crippen molar-refractivity contribution in [2.75, 3.05) is 5.73 Å². The molecule has 0 aliphatic rings. The Morgan fingerprint density at radius 2 is 1.89 bits per heavy atom. The van der Waals surface area contributed by atoms with Gasteiger partial charge in [-0.25, -0.2) is 0 Å². The molecule has 0 saturated heterocycles. The van der Waals surface area contributed by atoms with Crippen LogP contribution in [0.2, 0.25) is 0 Å². The van der Waals surface area contributed by atoms with Crippen LogP contribution < -0.4 is 5.73 Å². The summed E-state index contributed by atoms with van der Waals surface area (Å²) in [6.45, 7) is 3.87. The van der Waals surface area contributed by atoms with Crippen LogP contribution in [0.15, 0.2) is 36.5 Å². The molecular weight excluding hydrogens is 238 g/mol. The van der Waals surface area contributed by atoms with Gasteiger partial charge in [0.1, 0.15) is 5.78 Å². The van der Waals surface area contributed by atoms with E-state index in [1.54, 1.807) is 4.68 Å². The third kappa shape index (κ3) is 2.84. The van der Waals surface area contributed by atoms with Crippen LogP contribution in [0.3, 0.4) is 0 Å². The van der Waals surface area contributed by atoms with Crippen molar-refractivity contribution in [3.63, 3.8) is 0 Å². The van der Waals surface area contributed by atoms with Gasteiger partial charge in [-0.15, -0.1) is 0 Å². The monoisotopic (exact) mass is 257 g/mol. The molecule has 0 fully saturated rings. The Labute approximate surface area is 113 Å². The fourth-order valence-electron chi connectivity index (χ4n) is 2.00. The number of rotatable bonds is 4. The lowest BCUT2D eigenvalue weighted by Gasteiger charge is -2.23. The summed E-state index contributed by atoms with van der Waals surface area (Å²) in [4.78, 5) is 12.4. The number of anilines is 1. The first-order valence-corrected chi connectivity index (χ1v) is 6.27. The molecule has 0 aliphatic carbocycles. The first kappa shape index (κ1) is 13.3. The maximum absolute atomic E-state index is 12.4. The number of nitrogens with zero attached hydrogens (tertiary/aromatic N) is 2. The number of benzene rings is 1. The number of hydrogen-bond donors (Lipinski definition) is 1. The minimum absolute atomic E-state index is 0.149. The van der Waals surface area contributed by atoms with Crippen LogP contribution in [-0.4, -0.2) is 15.6 Å². The van der Waals surface area contributed by atoms with Gasteiger partial charge in [0.05, 0.1) is 12.1 Å². The quantitative estimate of drug-likeness (QED) is 0.853. The van der Waals surface area contributed by atoms with E-state index < -0.39 is 5.41 Å². The molecule has 0 radical (unpaired) electrons. The second-order valence-corrected chi connectivity index (χ2v) is 5.33. The average molecular weight is 257 g/mol. The van der Waals surface area contributed by atoms with Gasteiger partial charge in [0.25, 0.3) is 0 Å². The minimum atomic E-state index is -0.536. The van der Waals surface area contributed by atoms with Gasteiger partial charge < -0.3 is 5.73 Å². The molecule has 0 saturated carbocycles. The Bertz CT molecular complexity index is 582. The van der Waals surface area contributed by atoms with E-state index in [-0.39, 0.29) is 5.78 Å². The topological polar surface area (TPSA) is 60.9 Å². The lowest BCUT2D eigenvalue weighted by atomic mass is 9.79. The molecule has 1 aromatic heterocycles. The summed E-state index contributed by atoms with van der Waals surface area (Å²) in [7, 11) is 1.85. The summed E-state index contributed by atoms with van der Waals surface area (Å²) >= 11 is 0. The molecule has 1 aromatic carbocycles. The molecule has 0 aliphatic heterocycles. The summed E-state index contributed by atoms with van der Waals surface area (Å²) in [5.74, 6) is 0.149. The van der Waals surface area contributed by atoms with E-state index in [2.05, 4.69) is 5.10 Å². The first-order chi connectivity index (χ1) is 8.89. The number of ketones is 1. The van der Waals surface area contributed by atoms with Gasteiger partial charge >= 0.3 is 0 Å². The Balaban J connectivity index is 2.19. The number of hydrogen-bond acceptors (Lipinski definition) is 3. The second-order valence-electron chi connectivity index (χ2n) is 5.33. The third-order valence-electron chi connectivity index (χ3n) is 3.44. The third-order valence-corrected chi connectivity index (χ3v) is 3.44. The minimum Gasteiger partial charge on any atom is -0.399 e. The predicted molar refractivity (Wildman–Crippen MR) is 75.8 cm³/mol. The number of aryl methyl sites for hydroxylation is 1. The molecule has 0 amide bonds. The van der Waals surface area contributed by atoms with E-state index in [0.29, 0.717) is 12.1 Å². The molecule has 2 N–H and O–H groups in total. The standard InChI is InChI=1S/C15H19N3O/c1-15(2,11-4-6-12(16)7-5-11)14(19)10-13-8-9-18(3)17-13/h4-9H,10,16H2,1-3H3. The van der Waals surface area contributed by atoms with Gasteiger partial charge in [-0.3, -0.25) is 9.48 Å². The maximum atomic E-state index is 12.4. The van der Waals surface area contributed by atoms with E-state index >= 15 is 0 Å². The smallest absolute Gasteiger partial charge is 0.148 e. The summed E-state index contributed by atoms with van der Waals surface area (Å²) in [5.41, 5.74) is 7.62. The van der Waals surface area contributed by atoms with Crippen molar-refractivity contribution in [3.05, 3.63) is 47.8 Å². The Morgan fingerprint density at radius 3 is 2.42 bits per heavy atom. The summed E-state index contributed by atoms with van der Waals surface area (Å²) in [5, 5.41) is 4.25. The molecule has 0 atom stereocenters. The number of carbonyl (C=O) groups is 1. The van der Waals surface area contributed by atoms with Crippen molar-refractivity contribution in [1.82, 2.24) is 9.78 Å². The molecule has 19 heavy (non-hydrogen) atoms. The SMILES string of the molecule is Cn1ccc(CC(=O)C(C)(C)c2ccc(N)cc2)n1. The predicted octanol–water partition coefficient (Wildman–Crippen LogP) is 2.09. The lowest BCUT2D eigenvalue weighted by Crippen LogP contribution is -2.30. The van der Waals surface area contributed by atoms with Crippen LogP contribution in [0.5, 0.6) is 0 Å². The van der Waals surface area contributed by atoms with Gasteiger partial charge in [0.15, 0.2) is 0 Å². The van der Waals surface area contributed by atoms with Crippen LogP contribution in [0.25, 0.3) is 0 Å². The van der Waals surface area contributed by atoms with Crippen LogP contribution in [-0.2, 0) is 23.7 Å². The number of Topliss-reactive ketones (excluding diaryl/α,β-unsaturated/α-hetero) is 1. The highest BCUT2D eigenvalue weighted by Gasteiger charge is 2.29. The first-order valence-electron chi connectivity index (χ1n) is 6.27. The van der Waals surface area contributed by atoms with Crippen LogP contribution in [0.1, 0.15) is 25.1 Å². The van der Waals surface area contributed by atoms with E-state index in [4.69, 9.17) is 5.73 Å². The molecule has 0 bridgehead atoms. The van der Waals surface area contributed by atoms with Gasteiger partial charge in [-0.1, -0.05) is 12.1 Å².